The Kier molecular flexibility index (Phi) is 5.22. The van der Waals surface area contributed by atoms with E-state index in [4.69, 9.17) is 9.31 Å². The van der Waals surface area contributed by atoms with Gasteiger partial charge >= 0.3 is 7.12 Å². The lowest BCUT2D eigenvalue weighted by Crippen LogP contribution is -2.47. The zero-order valence-corrected chi connectivity index (χ0v) is 11.6. The van der Waals surface area contributed by atoms with Crippen LogP contribution in [0.5, 0.6) is 0 Å². The Bertz CT molecular complexity index is 323. The standard InChI is InChI=1S/C12H17BO2.C2H6/c1-10-4-6-11(7-5-10)13-14-8-12(2,3)9-15-13;1-2/h4-7H,8-9H2,1-3H3;1-2H3. The summed E-state index contributed by atoms with van der Waals surface area (Å²) in [5.41, 5.74) is 2.51. The van der Waals surface area contributed by atoms with E-state index >= 15 is 0 Å². The van der Waals surface area contributed by atoms with Crippen LogP contribution in [0.3, 0.4) is 0 Å². The van der Waals surface area contributed by atoms with Gasteiger partial charge in [-0.2, -0.15) is 0 Å². The molecule has 17 heavy (non-hydrogen) atoms. The van der Waals surface area contributed by atoms with E-state index in [1.54, 1.807) is 0 Å². The Morgan fingerprint density at radius 3 is 1.94 bits per heavy atom. The third-order valence-electron chi connectivity index (χ3n) is 2.60. The van der Waals surface area contributed by atoms with E-state index in [1.807, 2.05) is 13.8 Å². The second-order valence-electron chi connectivity index (χ2n) is 5.03. The lowest BCUT2D eigenvalue weighted by atomic mass is 9.76. The summed E-state index contributed by atoms with van der Waals surface area (Å²) in [4.78, 5) is 0. The number of hydrogen-bond donors (Lipinski definition) is 0. The molecule has 0 atom stereocenters. The van der Waals surface area contributed by atoms with Crippen LogP contribution in [-0.2, 0) is 9.31 Å². The molecule has 2 rings (SSSR count). The summed E-state index contributed by atoms with van der Waals surface area (Å²) in [6.45, 7) is 11.9. The third-order valence-corrected chi connectivity index (χ3v) is 2.60. The zero-order chi connectivity index (χ0) is 12.9. The van der Waals surface area contributed by atoms with Crippen molar-refractivity contribution in [3.8, 4) is 0 Å². The average molecular weight is 234 g/mol. The average Bonchev–Trinajstić information content (AvgIpc) is 2.33. The maximum absolute atomic E-state index is 5.70. The second kappa shape index (κ2) is 6.22. The smallest absolute Gasteiger partial charge is 0.407 e. The van der Waals surface area contributed by atoms with Crippen LogP contribution >= 0.6 is 0 Å². The van der Waals surface area contributed by atoms with Crippen molar-refractivity contribution in [2.75, 3.05) is 13.2 Å². The minimum absolute atomic E-state index is 0.140. The topological polar surface area (TPSA) is 18.5 Å². The van der Waals surface area contributed by atoms with Gasteiger partial charge in [0, 0.05) is 18.6 Å². The Morgan fingerprint density at radius 2 is 1.47 bits per heavy atom. The van der Waals surface area contributed by atoms with Gasteiger partial charge in [-0.05, 0) is 12.4 Å². The predicted molar refractivity (Wildman–Crippen MR) is 73.6 cm³/mol. The first kappa shape index (κ1) is 14.3. The van der Waals surface area contributed by atoms with Crippen LogP contribution in [0.25, 0.3) is 0 Å². The van der Waals surface area contributed by atoms with Gasteiger partial charge in [-0.3, -0.25) is 0 Å². The highest BCUT2D eigenvalue weighted by atomic mass is 16.6. The number of hydrogen-bond acceptors (Lipinski definition) is 2. The highest BCUT2D eigenvalue weighted by Gasteiger charge is 2.33. The van der Waals surface area contributed by atoms with Gasteiger partial charge in [0.15, 0.2) is 0 Å². The van der Waals surface area contributed by atoms with Crippen LogP contribution in [0.1, 0.15) is 33.3 Å². The highest BCUT2D eigenvalue weighted by molar-refractivity contribution is 6.61. The molecule has 0 bridgehead atoms. The SMILES string of the molecule is CC.Cc1ccc(B2OCC(C)(C)CO2)cc1. The van der Waals surface area contributed by atoms with Gasteiger partial charge in [-0.15, -0.1) is 0 Å². The van der Waals surface area contributed by atoms with Crippen LogP contribution in [-0.4, -0.2) is 20.3 Å². The van der Waals surface area contributed by atoms with Crippen molar-refractivity contribution in [3.63, 3.8) is 0 Å². The molecule has 1 aliphatic heterocycles. The summed E-state index contributed by atoms with van der Waals surface area (Å²) >= 11 is 0. The zero-order valence-electron chi connectivity index (χ0n) is 11.6. The monoisotopic (exact) mass is 234 g/mol. The summed E-state index contributed by atoms with van der Waals surface area (Å²) in [6, 6.07) is 8.31. The molecule has 0 aliphatic carbocycles. The Balaban J connectivity index is 0.000000686. The van der Waals surface area contributed by atoms with E-state index in [-0.39, 0.29) is 12.5 Å². The maximum atomic E-state index is 5.70. The molecule has 1 aromatic carbocycles. The number of benzene rings is 1. The molecule has 0 aromatic heterocycles. The molecular weight excluding hydrogens is 211 g/mol. The van der Waals surface area contributed by atoms with Crippen LogP contribution in [0, 0.1) is 12.3 Å². The van der Waals surface area contributed by atoms with Gasteiger partial charge < -0.3 is 9.31 Å². The Hall–Kier alpha value is -0.795. The van der Waals surface area contributed by atoms with Crippen molar-refractivity contribution in [2.24, 2.45) is 5.41 Å². The molecular formula is C14H23BO2. The van der Waals surface area contributed by atoms with Gasteiger partial charge in [0.25, 0.3) is 0 Å². The predicted octanol–water partition coefficient (Wildman–Crippen LogP) is 2.79. The molecule has 0 unspecified atom stereocenters. The molecule has 0 saturated carbocycles. The number of aryl methyl sites for hydroxylation is 1. The first-order valence-electron chi connectivity index (χ1n) is 6.37. The molecule has 0 amide bonds. The first-order valence-corrected chi connectivity index (χ1v) is 6.37. The number of rotatable bonds is 1. The fourth-order valence-electron chi connectivity index (χ4n) is 1.61. The van der Waals surface area contributed by atoms with Crippen molar-refractivity contribution in [2.45, 2.75) is 34.6 Å². The van der Waals surface area contributed by atoms with E-state index < -0.39 is 0 Å². The molecule has 1 aliphatic rings. The minimum Gasteiger partial charge on any atom is -0.407 e. The molecule has 1 fully saturated rings. The second-order valence-corrected chi connectivity index (χ2v) is 5.03. The van der Waals surface area contributed by atoms with Crippen molar-refractivity contribution in [1.29, 1.82) is 0 Å². The molecule has 0 spiro atoms. The van der Waals surface area contributed by atoms with Gasteiger partial charge in [0.2, 0.25) is 0 Å². The van der Waals surface area contributed by atoms with Crippen molar-refractivity contribution < 1.29 is 9.31 Å². The molecule has 1 saturated heterocycles. The van der Waals surface area contributed by atoms with Crippen LogP contribution in [0.2, 0.25) is 0 Å². The minimum atomic E-state index is -0.182. The summed E-state index contributed by atoms with van der Waals surface area (Å²) in [5, 5.41) is 0. The van der Waals surface area contributed by atoms with Crippen LogP contribution in [0.15, 0.2) is 24.3 Å². The summed E-state index contributed by atoms with van der Waals surface area (Å²) in [7, 11) is -0.182. The normalized spacial score (nSPS) is 18.3. The van der Waals surface area contributed by atoms with Crippen LogP contribution < -0.4 is 5.46 Å². The first-order chi connectivity index (χ1) is 8.07. The van der Waals surface area contributed by atoms with Gasteiger partial charge in [0.05, 0.1) is 0 Å². The highest BCUT2D eigenvalue weighted by Crippen LogP contribution is 2.21. The fraction of sp³-hybridized carbons (Fsp3) is 0.571. The van der Waals surface area contributed by atoms with Crippen LogP contribution in [0.4, 0.5) is 0 Å². The molecule has 3 heteroatoms. The van der Waals surface area contributed by atoms with Gasteiger partial charge in [-0.25, -0.2) is 0 Å². The molecule has 1 aromatic rings. The van der Waals surface area contributed by atoms with Gasteiger partial charge in [0.1, 0.15) is 0 Å². The molecule has 1 heterocycles. The summed E-state index contributed by atoms with van der Waals surface area (Å²) < 4.78 is 11.4. The van der Waals surface area contributed by atoms with E-state index in [0.717, 1.165) is 18.7 Å². The molecule has 0 N–H and O–H groups in total. The quantitative estimate of drug-likeness (QED) is 0.695. The molecule has 0 radical (unpaired) electrons. The van der Waals surface area contributed by atoms with E-state index in [0.29, 0.717) is 0 Å². The van der Waals surface area contributed by atoms with E-state index in [2.05, 4.69) is 45.0 Å². The third kappa shape index (κ3) is 4.17. The lowest BCUT2D eigenvalue weighted by molar-refractivity contribution is 0.0343. The maximum Gasteiger partial charge on any atom is 0.493 e. The summed E-state index contributed by atoms with van der Waals surface area (Å²) in [6.07, 6.45) is 0. The fourth-order valence-corrected chi connectivity index (χ4v) is 1.61. The summed E-state index contributed by atoms with van der Waals surface area (Å²) in [5.74, 6) is 0. The Morgan fingerprint density at radius 1 is 1.00 bits per heavy atom. The molecule has 2 nitrogen and oxygen atoms in total. The lowest BCUT2D eigenvalue weighted by Gasteiger charge is -2.33. The van der Waals surface area contributed by atoms with Crippen molar-refractivity contribution in [3.05, 3.63) is 29.8 Å². The van der Waals surface area contributed by atoms with Gasteiger partial charge in [-0.1, -0.05) is 57.5 Å². The Labute approximate surface area is 105 Å². The van der Waals surface area contributed by atoms with Crippen molar-refractivity contribution >= 4 is 12.6 Å². The van der Waals surface area contributed by atoms with E-state index in [9.17, 15) is 0 Å². The van der Waals surface area contributed by atoms with Crippen molar-refractivity contribution in [1.82, 2.24) is 0 Å². The van der Waals surface area contributed by atoms with E-state index in [1.165, 1.54) is 5.56 Å². The largest absolute Gasteiger partial charge is 0.493 e. The molecule has 94 valence electrons.